The number of halogens is 1. The van der Waals surface area contributed by atoms with Crippen molar-refractivity contribution in [3.05, 3.63) is 35.9 Å². The number of carbonyl (C=O) groups excluding carboxylic acids is 1. The maximum Gasteiger partial charge on any atom is 0.224 e. The second-order valence-electron chi connectivity index (χ2n) is 6.46. The molecule has 1 aromatic carbocycles. The van der Waals surface area contributed by atoms with E-state index in [0.29, 0.717) is 19.0 Å². The third-order valence-electron chi connectivity index (χ3n) is 4.63. The lowest BCUT2D eigenvalue weighted by atomic mass is 10.0. The van der Waals surface area contributed by atoms with E-state index in [1.54, 1.807) is 7.05 Å². The predicted molar refractivity (Wildman–Crippen MR) is 114 cm³/mol. The van der Waals surface area contributed by atoms with E-state index in [9.17, 15) is 4.79 Å². The summed E-state index contributed by atoms with van der Waals surface area (Å²) in [5, 5.41) is 6.61. The van der Waals surface area contributed by atoms with Crippen molar-refractivity contribution in [2.45, 2.75) is 51.6 Å². The molecule has 0 aromatic heterocycles. The van der Waals surface area contributed by atoms with Crippen molar-refractivity contribution in [2.24, 2.45) is 4.99 Å². The molecule has 1 fully saturated rings. The summed E-state index contributed by atoms with van der Waals surface area (Å²) >= 11 is 0. The summed E-state index contributed by atoms with van der Waals surface area (Å²) in [4.78, 5) is 18.6. The molecule has 2 N–H and O–H groups in total. The number of carbonyl (C=O) groups is 1. The summed E-state index contributed by atoms with van der Waals surface area (Å²) in [7, 11) is 1.75. The van der Waals surface area contributed by atoms with E-state index in [2.05, 4.69) is 41.6 Å². The summed E-state index contributed by atoms with van der Waals surface area (Å²) in [5.41, 5.74) is 1.21. The van der Waals surface area contributed by atoms with Gasteiger partial charge in [0.05, 0.1) is 6.04 Å². The Morgan fingerprint density at radius 2 is 2.04 bits per heavy atom. The fourth-order valence-corrected chi connectivity index (χ4v) is 3.12. The van der Waals surface area contributed by atoms with Gasteiger partial charge in [0.15, 0.2) is 5.96 Å². The van der Waals surface area contributed by atoms with Gasteiger partial charge in [-0.15, -0.1) is 24.0 Å². The van der Waals surface area contributed by atoms with Crippen LogP contribution >= 0.6 is 24.0 Å². The Balaban J connectivity index is 0.00000312. The number of amides is 1. The number of likely N-dealkylation sites (tertiary alicyclic amines) is 1. The lowest BCUT2D eigenvalue weighted by molar-refractivity contribution is -0.134. The van der Waals surface area contributed by atoms with Crippen molar-refractivity contribution in [1.29, 1.82) is 0 Å². The van der Waals surface area contributed by atoms with Gasteiger partial charge in [0.25, 0.3) is 0 Å². The molecular formula is C19H31IN4O. The Morgan fingerprint density at radius 3 is 2.68 bits per heavy atom. The predicted octanol–water partition coefficient (Wildman–Crippen LogP) is 3.32. The van der Waals surface area contributed by atoms with Gasteiger partial charge in [0, 0.05) is 32.6 Å². The third-order valence-corrected chi connectivity index (χ3v) is 4.63. The summed E-state index contributed by atoms with van der Waals surface area (Å²) in [6.07, 6.45) is 3.99. The van der Waals surface area contributed by atoms with Crippen LogP contribution in [0, 0.1) is 0 Å². The molecule has 0 bridgehead atoms. The third kappa shape index (κ3) is 6.84. The minimum atomic E-state index is 0. The number of hydrogen-bond acceptors (Lipinski definition) is 2. The number of rotatable bonds is 5. The normalized spacial score (nSPS) is 18.9. The van der Waals surface area contributed by atoms with Crippen molar-refractivity contribution < 1.29 is 4.79 Å². The Hall–Kier alpha value is -1.31. The van der Waals surface area contributed by atoms with Gasteiger partial charge in [-0.05, 0) is 38.7 Å². The number of guanidine groups is 1. The van der Waals surface area contributed by atoms with Crippen LogP contribution in [0.2, 0.25) is 0 Å². The second-order valence-corrected chi connectivity index (χ2v) is 6.46. The topological polar surface area (TPSA) is 56.7 Å². The molecular weight excluding hydrogens is 427 g/mol. The van der Waals surface area contributed by atoms with E-state index in [1.807, 2.05) is 23.1 Å². The monoisotopic (exact) mass is 458 g/mol. The van der Waals surface area contributed by atoms with Crippen molar-refractivity contribution in [1.82, 2.24) is 15.5 Å². The van der Waals surface area contributed by atoms with Gasteiger partial charge in [-0.1, -0.05) is 30.3 Å². The number of hydrogen-bond donors (Lipinski definition) is 2. The fraction of sp³-hybridized carbons (Fsp3) is 0.579. The molecule has 2 atom stereocenters. The molecule has 2 unspecified atom stereocenters. The van der Waals surface area contributed by atoms with Crippen LogP contribution in [0.1, 0.15) is 51.1 Å². The highest BCUT2D eigenvalue weighted by molar-refractivity contribution is 14.0. The van der Waals surface area contributed by atoms with Gasteiger partial charge in [0.1, 0.15) is 0 Å². The molecule has 1 amide bonds. The molecule has 1 aromatic rings. The van der Waals surface area contributed by atoms with Crippen LogP contribution in [0.5, 0.6) is 0 Å². The molecule has 2 rings (SSSR count). The zero-order chi connectivity index (χ0) is 17.4. The number of nitrogens with zero attached hydrogens (tertiary/aromatic N) is 2. The zero-order valence-electron chi connectivity index (χ0n) is 15.5. The lowest BCUT2D eigenvalue weighted by Crippen LogP contribution is -2.44. The van der Waals surface area contributed by atoms with Crippen LogP contribution < -0.4 is 10.6 Å². The molecule has 140 valence electrons. The molecule has 1 aliphatic rings. The van der Waals surface area contributed by atoms with Gasteiger partial charge in [-0.2, -0.15) is 0 Å². The van der Waals surface area contributed by atoms with Crippen LogP contribution in [0.4, 0.5) is 0 Å². The summed E-state index contributed by atoms with van der Waals surface area (Å²) in [5.74, 6) is 0.965. The minimum Gasteiger partial charge on any atom is -0.356 e. The van der Waals surface area contributed by atoms with Crippen LogP contribution in [0.15, 0.2) is 35.3 Å². The standard InChI is InChI=1S/C19H30N4O.HI/c1-15-9-7-8-14-23(15)18(24)12-13-21-19(20-3)22-16(2)17-10-5-4-6-11-17;/h4-6,10-11,15-16H,7-9,12-14H2,1-3H3,(H2,20,21,22);1H. The number of benzene rings is 1. The van der Waals surface area contributed by atoms with Gasteiger partial charge in [-0.3, -0.25) is 9.79 Å². The number of piperidine rings is 1. The molecule has 6 heteroatoms. The molecule has 1 aliphatic heterocycles. The van der Waals surface area contributed by atoms with Crippen molar-refractivity contribution in [3.63, 3.8) is 0 Å². The highest BCUT2D eigenvalue weighted by Gasteiger charge is 2.22. The molecule has 0 spiro atoms. The number of nitrogens with one attached hydrogen (secondary N) is 2. The molecule has 0 aliphatic carbocycles. The first-order valence-corrected chi connectivity index (χ1v) is 8.93. The van der Waals surface area contributed by atoms with E-state index >= 15 is 0 Å². The molecule has 1 heterocycles. The molecule has 0 saturated carbocycles. The minimum absolute atomic E-state index is 0. The van der Waals surface area contributed by atoms with Crippen LogP contribution in [-0.4, -0.2) is 42.9 Å². The van der Waals surface area contributed by atoms with Crippen LogP contribution in [-0.2, 0) is 4.79 Å². The van der Waals surface area contributed by atoms with Gasteiger partial charge in [0.2, 0.25) is 5.91 Å². The molecule has 0 radical (unpaired) electrons. The highest BCUT2D eigenvalue weighted by atomic mass is 127. The van der Waals surface area contributed by atoms with Crippen LogP contribution in [0.25, 0.3) is 0 Å². The lowest BCUT2D eigenvalue weighted by Gasteiger charge is -2.33. The van der Waals surface area contributed by atoms with Crippen molar-refractivity contribution in [2.75, 3.05) is 20.1 Å². The Kier molecular flexibility index (Phi) is 9.85. The van der Waals surface area contributed by atoms with Crippen LogP contribution in [0.3, 0.4) is 0 Å². The highest BCUT2D eigenvalue weighted by Crippen LogP contribution is 2.17. The van der Waals surface area contributed by atoms with E-state index < -0.39 is 0 Å². The summed E-state index contributed by atoms with van der Waals surface area (Å²) < 4.78 is 0. The van der Waals surface area contributed by atoms with Crippen molar-refractivity contribution >= 4 is 35.8 Å². The molecule has 5 nitrogen and oxygen atoms in total. The van der Waals surface area contributed by atoms with E-state index in [0.717, 1.165) is 25.3 Å². The Labute approximate surface area is 168 Å². The first-order chi connectivity index (χ1) is 11.6. The first-order valence-electron chi connectivity index (χ1n) is 8.93. The Morgan fingerprint density at radius 1 is 1.32 bits per heavy atom. The van der Waals surface area contributed by atoms with E-state index in [4.69, 9.17) is 0 Å². The smallest absolute Gasteiger partial charge is 0.224 e. The van der Waals surface area contributed by atoms with E-state index in [-0.39, 0.29) is 35.9 Å². The van der Waals surface area contributed by atoms with Gasteiger partial charge in [-0.25, -0.2) is 0 Å². The SMILES string of the molecule is CN=C(NCCC(=O)N1CCCCC1C)NC(C)c1ccccc1.I. The Bertz CT molecular complexity index is 550. The zero-order valence-corrected chi connectivity index (χ0v) is 17.8. The first kappa shape index (κ1) is 21.7. The largest absolute Gasteiger partial charge is 0.356 e. The quantitative estimate of drug-likeness (QED) is 0.405. The molecule has 25 heavy (non-hydrogen) atoms. The summed E-state index contributed by atoms with van der Waals surface area (Å²) in [6, 6.07) is 10.8. The van der Waals surface area contributed by atoms with Crippen molar-refractivity contribution in [3.8, 4) is 0 Å². The maximum absolute atomic E-state index is 12.3. The number of aliphatic imine (C=N–C) groups is 1. The molecule has 1 saturated heterocycles. The van der Waals surface area contributed by atoms with Gasteiger partial charge < -0.3 is 15.5 Å². The summed E-state index contributed by atoms with van der Waals surface area (Å²) in [6.45, 7) is 5.75. The fourth-order valence-electron chi connectivity index (χ4n) is 3.12. The average molecular weight is 458 g/mol. The van der Waals surface area contributed by atoms with Gasteiger partial charge >= 0.3 is 0 Å². The van der Waals surface area contributed by atoms with E-state index in [1.165, 1.54) is 12.0 Å². The average Bonchev–Trinajstić information content (AvgIpc) is 2.61. The second kappa shape index (κ2) is 11.3. The maximum atomic E-state index is 12.3.